The van der Waals surface area contributed by atoms with Crippen molar-refractivity contribution in [1.29, 1.82) is 0 Å². The zero-order chi connectivity index (χ0) is 17.1. The van der Waals surface area contributed by atoms with Crippen LogP contribution in [0.5, 0.6) is 0 Å². The van der Waals surface area contributed by atoms with Gasteiger partial charge in [-0.1, -0.05) is 60.7 Å². The minimum absolute atomic E-state index is 0.103. The normalized spacial score (nSPS) is 19.7. The van der Waals surface area contributed by atoms with Gasteiger partial charge in [-0.15, -0.1) is 0 Å². The van der Waals surface area contributed by atoms with E-state index in [-0.39, 0.29) is 24.4 Å². The zero-order valence-electron chi connectivity index (χ0n) is 13.1. The Kier molecular flexibility index (Phi) is 4.44. The summed E-state index contributed by atoms with van der Waals surface area (Å²) >= 11 is 0. The molecule has 0 bridgehead atoms. The van der Waals surface area contributed by atoms with Crippen LogP contribution in [0.3, 0.4) is 0 Å². The summed E-state index contributed by atoms with van der Waals surface area (Å²) in [5, 5.41) is 10.7. The number of hydrogen-bond donors (Lipinski definition) is 2. The molecular weight excluding hydrogens is 304 g/mol. The van der Waals surface area contributed by atoms with Gasteiger partial charge in [0.25, 0.3) is 11.7 Å². The Hall–Kier alpha value is -2.92. The summed E-state index contributed by atoms with van der Waals surface area (Å²) in [6, 6.07) is 17.3. The van der Waals surface area contributed by atoms with Crippen molar-refractivity contribution in [2.45, 2.75) is 6.04 Å². The predicted octanol–water partition coefficient (Wildman–Crippen LogP) is 2.07. The van der Waals surface area contributed by atoms with Crippen molar-refractivity contribution >= 4 is 17.4 Å². The number of nitrogens with two attached hydrogens (primary N) is 1. The fourth-order valence-electron chi connectivity index (χ4n) is 2.98. The molecule has 1 atom stereocenters. The van der Waals surface area contributed by atoms with Crippen molar-refractivity contribution in [3.63, 3.8) is 0 Å². The third-order valence-corrected chi connectivity index (χ3v) is 4.07. The lowest BCUT2D eigenvalue weighted by atomic mass is 9.95. The lowest BCUT2D eigenvalue weighted by Gasteiger charge is -2.24. The van der Waals surface area contributed by atoms with E-state index < -0.39 is 17.7 Å². The number of likely N-dealkylation sites (tertiary alicyclic amines) is 1. The van der Waals surface area contributed by atoms with E-state index in [1.165, 1.54) is 4.90 Å². The van der Waals surface area contributed by atoms with Crippen LogP contribution in [0.25, 0.3) is 5.76 Å². The monoisotopic (exact) mass is 322 g/mol. The second-order valence-electron chi connectivity index (χ2n) is 5.56. The van der Waals surface area contributed by atoms with E-state index in [0.29, 0.717) is 5.56 Å². The molecule has 3 N–H and O–H groups in total. The molecule has 2 aromatic rings. The van der Waals surface area contributed by atoms with Crippen LogP contribution < -0.4 is 5.73 Å². The van der Waals surface area contributed by atoms with Crippen molar-refractivity contribution in [2.24, 2.45) is 5.73 Å². The second kappa shape index (κ2) is 6.68. The molecule has 1 amide bonds. The molecule has 122 valence electrons. The first-order valence-corrected chi connectivity index (χ1v) is 7.74. The minimum Gasteiger partial charge on any atom is -0.507 e. The average molecular weight is 322 g/mol. The molecule has 0 aliphatic carbocycles. The van der Waals surface area contributed by atoms with E-state index >= 15 is 0 Å². The van der Waals surface area contributed by atoms with Gasteiger partial charge in [0.15, 0.2) is 0 Å². The molecule has 3 rings (SSSR count). The molecule has 1 aliphatic rings. The van der Waals surface area contributed by atoms with Crippen LogP contribution in [0.1, 0.15) is 17.2 Å². The van der Waals surface area contributed by atoms with Gasteiger partial charge < -0.3 is 15.7 Å². The van der Waals surface area contributed by atoms with Gasteiger partial charge in [0.05, 0.1) is 11.6 Å². The number of Topliss-reactive ketones (excluding diaryl/α,β-unsaturated/α-hetero) is 1. The highest BCUT2D eigenvalue weighted by Crippen LogP contribution is 2.38. The summed E-state index contributed by atoms with van der Waals surface area (Å²) in [6.07, 6.45) is 0. The highest BCUT2D eigenvalue weighted by atomic mass is 16.3. The maximum Gasteiger partial charge on any atom is 0.295 e. The molecule has 5 nitrogen and oxygen atoms in total. The van der Waals surface area contributed by atoms with Gasteiger partial charge >= 0.3 is 0 Å². The number of ketones is 1. The molecule has 1 fully saturated rings. The van der Waals surface area contributed by atoms with Crippen LogP contribution in [0.2, 0.25) is 0 Å². The average Bonchev–Trinajstić information content (AvgIpc) is 2.88. The Labute approximate surface area is 140 Å². The van der Waals surface area contributed by atoms with E-state index in [1.807, 2.05) is 36.4 Å². The van der Waals surface area contributed by atoms with Crippen LogP contribution >= 0.6 is 0 Å². The van der Waals surface area contributed by atoms with E-state index in [1.54, 1.807) is 24.3 Å². The van der Waals surface area contributed by atoms with Crippen LogP contribution in [-0.2, 0) is 9.59 Å². The topological polar surface area (TPSA) is 83.6 Å². The number of carbonyl (C=O) groups excluding carboxylic acids is 2. The summed E-state index contributed by atoms with van der Waals surface area (Å²) in [5.41, 5.74) is 6.98. The maximum atomic E-state index is 12.5. The highest BCUT2D eigenvalue weighted by molar-refractivity contribution is 6.46. The molecule has 1 aliphatic heterocycles. The molecule has 2 aromatic carbocycles. The number of aliphatic hydroxyl groups is 1. The first kappa shape index (κ1) is 16.0. The quantitative estimate of drug-likeness (QED) is 0.513. The molecule has 1 saturated heterocycles. The van der Waals surface area contributed by atoms with Gasteiger partial charge in [-0.25, -0.2) is 0 Å². The summed E-state index contributed by atoms with van der Waals surface area (Å²) in [7, 11) is 0. The number of carbonyl (C=O) groups is 2. The molecule has 1 heterocycles. The smallest absolute Gasteiger partial charge is 0.295 e. The Morgan fingerprint density at radius 1 is 1.00 bits per heavy atom. The van der Waals surface area contributed by atoms with Gasteiger partial charge in [-0.3, -0.25) is 9.59 Å². The summed E-state index contributed by atoms with van der Waals surface area (Å²) in [4.78, 5) is 26.4. The minimum atomic E-state index is -0.682. The second-order valence-corrected chi connectivity index (χ2v) is 5.56. The predicted molar refractivity (Wildman–Crippen MR) is 90.9 cm³/mol. The molecule has 0 radical (unpaired) electrons. The number of nitrogens with zero attached hydrogens (tertiary/aromatic N) is 1. The molecule has 1 unspecified atom stereocenters. The highest BCUT2D eigenvalue weighted by Gasteiger charge is 2.45. The largest absolute Gasteiger partial charge is 0.507 e. The molecule has 24 heavy (non-hydrogen) atoms. The first-order chi connectivity index (χ1) is 11.6. The van der Waals surface area contributed by atoms with Crippen molar-refractivity contribution in [1.82, 2.24) is 4.90 Å². The fourth-order valence-corrected chi connectivity index (χ4v) is 2.98. The van der Waals surface area contributed by atoms with Gasteiger partial charge in [0.2, 0.25) is 0 Å². The summed E-state index contributed by atoms with van der Waals surface area (Å²) in [5.74, 6) is -1.48. The summed E-state index contributed by atoms with van der Waals surface area (Å²) < 4.78 is 0. The Balaban J connectivity index is 2.18. The Morgan fingerprint density at radius 2 is 1.58 bits per heavy atom. The number of aliphatic hydroxyl groups excluding tert-OH is 1. The molecular formula is C19H18N2O3. The van der Waals surface area contributed by atoms with Crippen molar-refractivity contribution < 1.29 is 14.7 Å². The fraction of sp³-hybridized carbons (Fsp3) is 0.158. The van der Waals surface area contributed by atoms with E-state index in [2.05, 4.69) is 0 Å². The Morgan fingerprint density at radius 3 is 2.17 bits per heavy atom. The van der Waals surface area contributed by atoms with E-state index in [9.17, 15) is 14.7 Å². The lowest BCUT2D eigenvalue weighted by Crippen LogP contribution is -2.34. The van der Waals surface area contributed by atoms with Crippen LogP contribution in [-0.4, -0.2) is 34.8 Å². The van der Waals surface area contributed by atoms with E-state index in [0.717, 1.165) is 5.56 Å². The molecule has 5 heteroatoms. The molecule has 0 saturated carbocycles. The summed E-state index contributed by atoms with van der Waals surface area (Å²) in [6.45, 7) is 0.484. The van der Waals surface area contributed by atoms with Gasteiger partial charge in [0, 0.05) is 18.7 Å². The van der Waals surface area contributed by atoms with Crippen LogP contribution in [0.15, 0.2) is 66.2 Å². The van der Waals surface area contributed by atoms with Crippen LogP contribution in [0, 0.1) is 0 Å². The van der Waals surface area contributed by atoms with Crippen LogP contribution in [0.4, 0.5) is 0 Å². The third kappa shape index (κ3) is 2.70. The molecule has 0 spiro atoms. The first-order valence-electron chi connectivity index (χ1n) is 7.74. The standard InChI is InChI=1S/C19H18N2O3/c20-11-12-21-16(13-7-3-1-4-8-13)15(18(23)19(21)24)17(22)14-9-5-2-6-10-14/h1-10,16,22H,11-12,20H2. The number of benzene rings is 2. The lowest BCUT2D eigenvalue weighted by molar-refractivity contribution is -0.139. The third-order valence-electron chi connectivity index (χ3n) is 4.07. The Bertz CT molecular complexity index is 785. The van der Waals surface area contributed by atoms with Crippen molar-refractivity contribution in [2.75, 3.05) is 13.1 Å². The van der Waals surface area contributed by atoms with Crippen molar-refractivity contribution in [3.8, 4) is 0 Å². The maximum absolute atomic E-state index is 12.5. The zero-order valence-corrected chi connectivity index (χ0v) is 13.1. The number of amides is 1. The van der Waals surface area contributed by atoms with Crippen molar-refractivity contribution in [3.05, 3.63) is 77.4 Å². The number of hydrogen-bond acceptors (Lipinski definition) is 4. The van der Waals surface area contributed by atoms with Gasteiger partial charge in [0.1, 0.15) is 5.76 Å². The van der Waals surface area contributed by atoms with E-state index in [4.69, 9.17) is 5.73 Å². The van der Waals surface area contributed by atoms with Gasteiger partial charge in [-0.05, 0) is 5.56 Å². The number of rotatable bonds is 4. The van der Waals surface area contributed by atoms with Gasteiger partial charge in [-0.2, -0.15) is 0 Å². The SMILES string of the molecule is NCCN1C(=O)C(=O)C(=C(O)c2ccccc2)C1c1ccccc1. The molecule has 0 aromatic heterocycles.